The molecule has 0 N–H and O–H groups in total. The van der Waals surface area contributed by atoms with Crippen molar-refractivity contribution in [1.29, 1.82) is 0 Å². The molecule has 0 aliphatic heterocycles. The topological polar surface area (TPSA) is 30.0 Å². The summed E-state index contributed by atoms with van der Waals surface area (Å²) in [4.78, 5) is 15.4. The molecule has 0 amide bonds. The minimum Gasteiger partial charge on any atom is -0.294 e. The van der Waals surface area contributed by atoms with Crippen LogP contribution in [0.1, 0.15) is 41.7 Å². The molecule has 2 rings (SSSR count). The number of aromatic nitrogens is 1. The highest BCUT2D eigenvalue weighted by molar-refractivity contribution is 5.95. The first-order chi connectivity index (χ1) is 5.79. The van der Waals surface area contributed by atoms with Gasteiger partial charge < -0.3 is 0 Å². The third kappa shape index (κ3) is 1.24. The maximum absolute atomic E-state index is 11.2. The second-order valence-electron chi connectivity index (χ2n) is 3.27. The summed E-state index contributed by atoms with van der Waals surface area (Å²) in [5, 5.41) is 0. The maximum atomic E-state index is 11.2. The molecule has 2 nitrogen and oxygen atoms in total. The molecule has 1 heterocycles. The second kappa shape index (κ2) is 2.70. The van der Waals surface area contributed by atoms with Gasteiger partial charge in [-0.1, -0.05) is 0 Å². The molecule has 0 unspecified atom stereocenters. The highest BCUT2D eigenvalue weighted by Crippen LogP contribution is 2.40. The van der Waals surface area contributed by atoms with Crippen molar-refractivity contribution >= 4 is 5.78 Å². The first-order valence-electron chi connectivity index (χ1n) is 4.25. The van der Waals surface area contributed by atoms with Gasteiger partial charge in [-0.05, 0) is 31.9 Å². The van der Waals surface area contributed by atoms with Crippen LogP contribution in [-0.2, 0) is 0 Å². The number of carbonyl (C=O) groups is 1. The number of nitrogens with zero attached hydrogens (tertiary/aromatic N) is 1. The van der Waals surface area contributed by atoms with Gasteiger partial charge in [0.15, 0.2) is 5.78 Å². The van der Waals surface area contributed by atoms with E-state index in [0.717, 1.165) is 11.3 Å². The molecule has 2 heteroatoms. The normalized spacial score (nSPS) is 16.1. The third-order valence-corrected chi connectivity index (χ3v) is 2.18. The van der Waals surface area contributed by atoms with Crippen molar-refractivity contribution < 1.29 is 4.79 Å². The Hall–Kier alpha value is -1.18. The summed E-state index contributed by atoms with van der Waals surface area (Å²) < 4.78 is 0. The van der Waals surface area contributed by atoms with Gasteiger partial charge >= 0.3 is 0 Å². The van der Waals surface area contributed by atoms with Crippen LogP contribution in [-0.4, -0.2) is 10.8 Å². The van der Waals surface area contributed by atoms with Crippen molar-refractivity contribution in [2.45, 2.75) is 25.7 Å². The Bertz CT molecular complexity index is 315. The van der Waals surface area contributed by atoms with Crippen molar-refractivity contribution in [2.24, 2.45) is 0 Å². The minimum atomic E-state index is 0.130. The minimum absolute atomic E-state index is 0.130. The highest BCUT2D eigenvalue weighted by atomic mass is 16.1. The molecule has 0 radical (unpaired) electrons. The standard InChI is InChI=1S/C10H11NO/c1-7(12)9-3-2-6-11-10(9)8-4-5-8/h2-3,6,8H,4-5H2,1H3. The summed E-state index contributed by atoms with van der Waals surface area (Å²) in [6.07, 6.45) is 4.15. The quantitative estimate of drug-likeness (QED) is 0.622. The van der Waals surface area contributed by atoms with Crippen molar-refractivity contribution in [3.8, 4) is 0 Å². The van der Waals surface area contributed by atoms with E-state index in [2.05, 4.69) is 4.98 Å². The summed E-state index contributed by atoms with van der Waals surface area (Å²) in [5.74, 6) is 0.690. The number of rotatable bonds is 2. The van der Waals surface area contributed by atoms with Crippen LogP contribution in [0, 0.1) is 0 Å². The number of hydrogen-bond acceptors (Lipinski definition) is 2. The van der Waals surface area contributed by atoms with E-state index in [1.165, 1.54) is 12.8 Å². The molecule has 1 aromatic heterocycles. The Labute approximate surface area is 71.6 Å². The first-order valence-corrected chi connectivity index (χ1v) is 4.25. The van der Waals surface area contributed by atoms with Gasteiger partial charge in [0, 0.05) is 17.7 Å². The van der Waals surface area contributed by atoms with Gasteiger partial charge in [-0.3, -0.25) is 9.78 Å². The number of carbonyl (C=O) groups excluding carboxylic acids is 1. The van der Waals surface area contributed by atoms with Crippen LogP contribution in [0.5, 0.6) is 0 Å². The number of hydrogen-bond donors (Lipinski definition) is 0. The summed E-state index contributed by atoms with van der Waals surface area (Å²) in [6, 6.07) is 3.69. The van der Waals surface area contributed by atoms with Gasteiger partial charge in [0.25, 0.3) is 0 Å². The Morgan fingerprint density at radius 2 is 2.33 bits per heavy atom. The molecule has 62 valence electrons. The van der Waals surface area contributed by atoms with Gasteiger partial charge in [-0.2, -0.15) is 0 Å². The largest absolute Gasteiger partial charge is 0.294 e. The second-order valence-corrected chi connectivity index (χ2v) is 3.27. The van der Waals surface area contributed by atoms with Crippen LogP contribution >= 0.6 is 0 Å². The average molecular weight is 161 g/mol. The molecule has 12 heavy (non-hydrogen) atoms. The summed E-state index contributed by atoms with van der Waals surface area (Å²) in [6.45, 7) is 1.60. The van der Waals surface area contributed by atoms with Crippen LogP contribution in [0.4, 0.5) is 0 Å². The van der Waals surface area contributed by atoms with E-state index < -0.39 is 0 Å². The predicted octanol–water partition coefficient (Wildman–Crippen LogP) is 2.16. The van der Waals surface area contributed by atoms with E-state index >= 15 is 0 Å². The van der Waals surface area contributed by atoms with Gasteiger partial charge in [0.05, 0.1) is 5.69 Å². The van der Waals surface area contributed by atoms with Crippen LogP contribution in [0.15, 0.2) is 18.3 Å². The molecule has 1 aromatic rings. The van der Waals surface area contributed by atoms with Crippen molar-refractivity contribution in [1.82, 2.24) is 4.98 Å². The molecule has 0 atom stereocenters. The average Bonchev–Trinajstić information content (AvgIpc) is 2.87. The first kappa shape index (κ1) is 7.47. The molecule has 0 bridgehead atoms. The fourth-order valence-electron chi connectivity index (χ4n) is 1.40. The molecular weight excluding hydrogens is 150 g/mol. The molecule has 1 fully saturated rings. The zero-order chi connectivity index (χ0) is 8.55. The predicted molar refractivity (Wildman–Crippen MR) is 46.2 cm³/mol. The van der Waals surface area contributed by atoms with E-state index in [9.17, 15) is 4.79 Å². The highest BCUT2D eigenvalue weighted by Gasteiger charge is 2.28. The number of Topliss-reactive ketones (excluding diaryl/α,β-unsaturated/α-hetero) is 1. The van der Waals surface area contributed by atoms with E-state index in [1.54, 1.807) is 13.1 Å². The van der Waals surface area contributed by atoms with Gasteiger partial charge in [0.2, 0.25) is 0 Å². The van der Waals surface area contributed by atoms with Crippen molar-refractivity contribution in [2.75, 3.05) is 0 Å². The lowest BCUT2D eigenvalue weighted by molar-refractivity contribution is 0.101. The molecule has 1 saturated carbocycles. The fourth-order valence-corrected chi connectivity index (χ4v) is 1.40. The Balaban J connectivity index is 2.43. The molecule has 0 spiro atoms. The molecule has 0 saturated heterocycles. The monoisotopic (exact) mass is 161 g/mol. The molecule has 0 aromatic carbocycles. The summed E-state index contributed by atoms with van der Waals surface area (Å²) >= 11 is 0. The van der Waals surface area contributed by atoms with E-state index in [0.29, 0.717) is 5.92 Å². The fraction of sp³-hybridized carbons (Fsp3) is 0.400. The number of ketones is 1. The lowest BCUT2D eigenvalue weighted by Crippen LogP contribution is -2.00. The Morgan fingerprint density at radius 3 is 2.92 bits per heavy atom. The van der Waals surface area contributed by atoms with E-state index in [1.807, 2.05) is 12.1 Å². The van der Waals surface area contributed by atoms with Crippen molar-refractivity contribution in [3.63, 3.8) is 0 Å². The van der Waals surface area contributed by atoms with E-state index in [4.69, 9.17) is 0 Å². The van der Waals surface area contributed by atoms with Crippen LogP contribution < -0.4 is 0 Å². The van der Waals surface area contributed by atoms with Crippen LogP contribution in [0.2, 0.25) is 0 Å². The summed E-state index contributed by atoms with van der Waals surface area (Å²) in [7, 11) is 0. The van der Waals surface area contributed by atoms with Gasteiger partial charge in [-0.25, -0.2) is 0 Å². The molecule has 1 aliphatic carbocycles. The summed E-state index contributed by atoms with van der Waals surface area (Å²) in [5.41, 5.74) is 1.81. The third-order valence-electron chi connectivity index (χ3n) is 2.18. The van der Waals surface area contributed by atoms with Gasteiger partial charge in [-0.15, -0.1) is 0 Å². The van der Waals surface area contributed by atoms with Crippen LogP contribution in [0.3, 0.4) is 0 Å². The zero-order valence-electron chi connectivity index (χ0n) is 7.08. The van der Waals surface area contributed by atoms with Crippen molar-refractivity contribution in [3.05, 3.63) is 29.6 Å². The SMILES string of the molecule is CC(=O)c1cccnc1C1CC1. The number of pyridine rings is 1. The Morgan fingerprint density at radius 1 is 1.58 bits per heavy atom. The van der Waals surface area contributed by atoms with Crippen LogP contribution in [0.25, 0.3) is 0 Å². The molecule has 1 aliphatic rings. The lowest BCUT2D eigenvalue weighted by Gasteiger charge is -2.01. The maximum Gasteiger partial charge on any atom is 0.161 e. The lowest BCUT2D eigenvalue weighted by atomic mass is 10.1. The Kier molecular flexibility index (Phi) is 1.68. The molecular formula is C10H11NO. The zero-order valence-corrected chi connectivity index (χ0v) is 7.08. The van der Waals surface area contributed by atoms with Gasteiger partial charge in [0.1, 0.15) is 0 Å². The smallest absolute Gasteiger partial charge is 0.161 e. The van der Waals surface area contributed by atoms with E-state index in [-0.39, 0.29) is 5.78 Å².